The predicted molar refractivity (Wildman–Crippen MR) is 168 cm³/mol. The van der Waals surface area contributed by atoms with E-state index >= 15 is 0 Å². The van der Waals surface area contributed by atoms with Crippen molar-refractivity contribution in [3.8, 4) is 5.75 Å². The van der Waals surface area contributed by atoms with Crippen molar-refractivity contribution < 1.29 is 13.9 Å². The van der Waals surface area contributed by atoms with Crippen molar-refractivity contribution in [2.75, 3.05) is 12.4 Å². The number of nitrogens with zero attached hydrogens (tertiary/aromatic N) is 1. The molecule has 5 rings (SSSR count). The van der Waals surface area contributed by atoms with E-state index in [2.05, 4.69) is 44.3 Å². The highest BCUT2D eigenvalue weighted by Crippen LogP contribution is 2.41. The van der Waals surface area contributed by atoms with Gasteiger partial charge >= 0.3 is 0 Å². The van der Waals surface area contributed by atoms with Gasteiger partial charge < -0.3 is 19.4 Å². The Kier molecular flexibility index (Phi) is 9.33. The van der Waals surface area contributed by atoms with Crippen molar-refractivity contribution in [3.63, 3.8) is 0 Å². The van der Waals surface area contributed by atoms with Crippen LogP contribution in [-0.2, 0) is 6.61 Å². The molecule has 1 aliphatic rings. The van der Waals surface area contributed by atoms with Gasteiger partial charge in [-0.15, -0.1) is 0 Å². The van der Waals surface area contributed by atoms with Gasteiger partial charge in [0.25, 0.3) is 5.91 Å². The number of carbonyl (C=O) groups excluding carboxylic acids is 1. The summed E-state index contributed by atoms with van der Waals surface area (Å²) in [6.07, 6.45) is 8.06. The van der Waals surface area contributed by atoms with Crippen molar-refractivity contribution in [1.82, 2.24) is 4.90 Å². The number of fused-ring (bicyclic) bond motifs is 1. The standard InChI is InChI=1S/C36H44N2O3/c1-5-30(6-2)38(4)36(39)28-17-19-29(20-18-28)37-34(27-15-11-8-12-16-27)35-25(3)32-23-31(21-22-33(32)41-35)40-24-26-13-9-7-10-14-26/h7,9-10,13-14,17-23,27,30,34,37H,5-6,8,11-12,15-16,24H2,1-4H3. The average Bonchev–Trinajstić information content (AvgIpc) is 3.35. The first kappa shape index (κ1) is 28.8. The molecule has 0 saturated heterocycles. The monoisotopic (exact) mass is 552 g/mol. The molecule has 0 aliphatic heterocycles. The summed E-state index contributed by atoms with van der Waals surface area (Å²) in [5.41, 5.74) is 4.93. The summed E-state index contributed by atoms with van der Waals surface area (Å²) >= 11 is 0. The number of anilines is 1. The highest BCUT2D eigenvalue weighted by atomic mass is 16.5. The number of hydrogen-bond acceptors (Lipinski definition) is 4. The van der Waals surface area contributed by atoms with Gasteiger partial charge in [-0.2, -0.15) is 0 Å². The van der Waals surface area contributed by atoms with E-state index in [1.807, 2.05) is 66.5 Å². The highest BCUT2D eigenvalue weighted by molar-refractivity contribution is 5.94. The summed E-state index contributed by atoms with van der Waals surface area (Å²) in [7, 11) is 1.91. The molecule has 4 aromatic rings. The third-order valence-corrected chi connectivity index (χ3v) is 8.86. The molecule has 1 atom stereocenters. The Hall–Kier alpha value is -3.73. The van der Waals surface area contributed by atoms with E-state index in [-0.39, 0.29) is 18.0 Å². The van der Waals surface area contributed by atoms with Crippen LogP contribution in [0.1, 0.15) is 92.1 Å². The number of rotatable bonds is 11. The van der Waals surface area contributed by atoms with Crippen molar-refractivity contribution in [1.29, 1.82) is 0 Å². The van der Waals surface area contributed by atoms with Gasteiger partial charge in [-0.1, -0.05) is 63.4 Å². The summed E-state index contributed by atoms with van der Waals surface area (Å²) in [5.74, 6) is 2.41. The van der Waals surface area contributed by atoms with Crippen molar-refractivity contribution in [3.05, 3.63) is 95.2 Å². The molecule has 1 fully saturated rings. The molecule has 5 heteroatoms. The number of ether oxygens (including phenoxy) is 1. The lowest BCUT2D eigenvalue weighted by molar-refractivity contribution is 0.0723. The summed E-state index contributed by atoms with van der Waals surface area (Å²) < 4.78 is 12.7. The summed E-state index contributed by atoms with van der Waals surface area (Å²) in [6, 6.07) is 24.7. The van der Waals surface area contributed by atoms with Gasteiger partial charge in [0.15, 0.2) is 0 Å². The fourth-order valence-electron chi connectivity index (χ4n) is 6.31. The quantitative estimate of drug-likeness (QED) is 0.201. The zero-order valence-corrected chi connectivity index (χ0v) is 25.0. The highest BCUT2D eigenvalue weighted by Gasteiger charge is 2.30. The molecule has 1 heterocycles. The third-order valence-electron chi connectivity index (χ3n) is 8.86. The minimum atomic E-state index is 0.0603. The zero-order chi connectivity index (χ0) is 28.8. The lowest BCUT2D eigenvalue weighted by Gasteiger charge is -2.31. The maximum Gasteiger partial charge on any atom is 0.253 e. The molecule has 1 N–H and O–H groups in total. The van der Waals surface area contributed by atoms with Crippen LogP contribution in [0.25, 0.3) is 11.0 Å². The molecule has 216 valence electrons. The van der Waals surface area contributed by atoms with E-state index in [9.17, 15) is 4.79 Å². The first-order valence-electron chi connectivity index (χ1n) is 15.3. The Balaban J connectivity index is 1.38. The van der Waals surface area contributed by atoms with Crippen LogP contribution in [0, 0.1) is 12.8 Å². The second-order valence-electron chi connectivity index (χ2n) is 11.5. The van der Waals surface area contributed by atoms with Crippen LogP contribution >= 0.6 is 0 Å². The number of benzene rings is 3. The number of furan rings is 1. The topological polar surface area (TPSA) is 54.7 Å². The first-order chi connectivity index (χ1) is 20.0. The van der Waals surface area contributed by atoms with Crippen LogP contribution in [0.3, 0.4) is 0 Å². The van der Waals surface area contributed by atoms with Crippen LogP contribution in [0.5, 0.6) is 5.75 Å². The van der Waals surface area contributed by atoms with E-state index in [1.165, 1.54) is 32.1 Å². The smallest absolute Gasteiger partial charge is 0.253 e. The molecule has 5 nitrogen and oxygen atoms in total. The fraction of sp³-hybridized carbons (Fsp3) is 0.417. The second-order valence-corrected chi connectivity index (χ2v) is 11.5. The molecule has 1 aromatic heterocycles. The van der Waals surface area contributed by atoms with E-state index < -0.39 is 0 Å². The maximum atomic E-state index is 13.1. The number of hydrogen-bond donors (Lipinski definition) is 1. The average molecular weight is 553 g/mol. The number of aryl methyl sites for hydroxylation is 1. The van der Waals surface area contributed by atoms with Crippen LogP contribution in [-0.4, -0.2) is 23.9 Å². The van der Waals surface area contributed by atoms with E-state index in [0.717, 1.165) is 57.7 Å². The predicted octanol–water partition coefficient (Wildman–Crippen LogP) is 9.31. The first-order valence-corrected chi connectivity index (χ1v) is 15.3. The second kappa shape index (κ2) is 13.3. The molecule has 3 aromatic carbocycles. The third kappa shape index (κ3) is 6.61. The van der Waals surface area contributed by atoms with Gasteiger partial charge in [-0.05, 0) is 86.6 Å². The molecule has 0 spiro atoms. The van der Waals surface area contributed by atoms with Crippen LogP contribution in [0.4, 0.5) is 5.69 Å². The Morgan fingerprint density at radius 2 is 1.68 bits per heavy atom. The van der Waals surface area contributed by atoms with Gasteiger partial charge in [-0.25, -0.2) is 0 Å². The Morgan fingerprint density at radius 3 is 2.37 bits per heavy atom. The van der Waals surface area contributed by atoms with Crippen molar-refractivity contribution >= 4 is 22.6 Å². The summed E-state index contributed by atoms with van der Waals surface area (Å²) in [5, 5.41) is 4.91. The van der Waals surface area contributed by atoms with E-state index in [1.54, 1.807) is 0 Å². The molecule has 0 bridgehead atoms. The fourth-order valence-corrected chi connectivity index (χ4v) is 6.31. The normalized spacial score (nSPS) is 14.8. The molecule has 1 amide bonds. The van der Waals surface area contributed by atoms with Crippen molar-refractivity contribution in [2.24, 2.45) is 5.92 Å². The Bertz CT molecular complexity index is 1420. The largest absolute Gasteiger partial charge is 0.489 e. The lowest BCUT2D eigenvalue weighted by atomic mass is 9.82. The number of nitrogens with one attached hydrogen (secondary N) is 1. The minimum Gasteiger partial charge on any atom is -0.489 e. The van der Waals surface area contributed by atoms with Gasteiger partial charge in [-0.3, -0.25) is 4.79 Å². The molecular formula is C36H44N2O3. The van der Waals surface area contributed by atoms with Crippen LogP contribution in [0.15, 0.2) is 77.2 Å². The van der Waals surface area contributed by atoms with E-state index in [4.69, 9.17) is 9.15 Å². The molecule has 0 radical (unpaired) electrons. The van der Waals surface area contributed by atoms with Crippen molar-refractivity contribution in [2.45, 2.75) is 84.4 Å². The van der Waals surface area contributed by atoms with Gasteiger partial charge in [0.05, 0.1) is 6.04 Å². The maximum absolute atomic E-state index is 13.1. The lowest BCUT2D eigenvalue weighted by Crippen LogP contribution is -2.36. The minimum absolute atomic E-state index is 0.0603. The summed E-state index contributed by atoms with van der Waals surface area (Å²) in [4.78, 5) is 15.0. The van der Waals surface area contributed by atoms with E-state index in [0.29, 0.717) is 12.5 Å². The SMILES string of the molecule is CCC(CC)N(C)C(=O)c1ccc(NC(c2oc3ccc(OCc4ccccc4)cc3c2C)C2CCCCC2)cc1. The van der Waals surface area contributed by atoms with Gasteiger partial charge in [0.1, 0.15) is 23.7 Å². The summed E-state index contributed by atoms with van der Waals surface area (Å²) in [6.45, 7) is 6.97. The molecule has 1 aliphatic carbocycles. The van der Waals surface area contributed by atoms with Gasteiger partial charge in [0.2, 0.25) is 0 Å². The molecular weight excluding hydrogens is 508 g/mol. The zero-order valence-electron chi connectivity index (χ0n) is 25.0. The van der Waals surface area contributed by atoms with Crippen LogP contribution in [0.2, 0.25) is 0 Å². The van der Waals surface area contributed by atoms with Gasteiger partial charge in [0, 0.05) is 35.3 Å². The molecule has 1 unspecified atom stereocenters. The number of carbonyl (C=O) groups is 1. The van der Waals surface area contributed by atoms with Crippen LogP contribution < -0.4 is 10.1 Å². The molecule has 1 saturated carbocycles. The Morgan fingerprint density at radius 1 is 0.976 bits per heavy atom. The Labute approximate surface area is 244 Å². The number of amides is 1. The molecule has 41 heavy (non-hydrogen) atoms.